The van der Waals surface area contributed by atoms with Gasteiger partial charge >= 0.3 is 29.6 Å². The zero-order chi connectivity index (χ0) is 20.0. The summed E-state index contributed by atoms with van der Waals surface area (Å²) in [7, 11) is 0. The van der Waals surface area contributed by atoms with Crippen LogP contribution in [0.1, 0.15) is 71.1 Å². The van der Waals surface area contributed by atoms with E-state index in [4.69, 9.17) is 4.74 Å². The van der Waals surface area contributed by atoms with Crippen LogP contribution in [0.4, 0.5) is 0 Å². The molecule has 0 aromatic heterocycles. The third-order valence-electron chi connectivity index (χ3n) is 5.19. The molecule has 0 fully saturated rings. The summed E-state index contributed by atoms with van der Waals surface area (Å²) < 4.78 is 5.29. The number of aliphatic imine (C=N–C) groups is 1. The fraction of sp³-hybridized carbons (Fsp3) is 0.850. The van der Waals surface area contributed by atoms with E-state index in [-0.39, 0.29) is 47.2 Å². The number of carbonyl (C=O) groups excluding carboxylic acids is 2. The van der Waals surface area contributed by atoms with Crippen LogP contribution in [0.25, 0.3) is 0 Å². The van der Waals surface area contributed by atoms with Crippen molar-refractivity contribution >= 4 is 17.8 Å². The van der Waals surface area contributed by atoms with Crippen LogP contribution in [0.2, 0.25) is 0 Å². The number of hydrogen-bond donors (Lipinski definition) is 0. The van der Waals surface area contributed by atoms with E-state index in [1.165, 1.54) is 44.9 Å². The van der Waals surface area contributed by atoms with Crippen molar-refractivity contribution in [2.24, 2.45) is 4.99 Å². The number of ether oxygens (including phenoxy) is 1. The summed E-state index contributed by atoms with van der Waals surface area (Å²) in [6.45, 7) is 3.38. The quantitative estimate of drug-likeness (QED) is 0.153. The third-order valence-corrected chi connectivity index (χ3v) is 5.19. The Hall–Kier alpha value is -0.470. The summed E-state index contributed by atoms with van der Waals surface area (Å²) in [5.41, 5.74) is 0. The summed E-state index contributed by atoms with van der Waals surface area (Å²) in [6.07, 6.45) is 11.9. The molecule has 1 rings (SSSR count). The normalized spacial score (nSPS) is 18.5. The van der Waals surface area contributed by atoms with E-state index >= 15 is 0 Å². The van der Waals surface area contributed by atoms with E-state index in [1.54, 1.807) is 0 Å². The van der Waals surface area contributed by atoms with Crippen LogP contribution in [-0.2, 0) is 14.3 Å². The molecule has 1 heterocycles. The maximum atomic E-state index is 11.2. The monoisotopic (exact) mass is 406 g/mol. The maximum absolute atomic E-state index is 11.2. The Kier molecular flexibility index (Phi) is 16.1. The SMILES string of the molecule is CCCCCCCCCCCC1=NCC[N+]1(CCOCC(=O)[O-])CC(=O)[O-].[Na+]. The average molecular weight is 406 g/mol. The molecule has 0 N–H and O–H groups in total. The molecule has 28 heavy (non-hydrogen) atoms. The van der Waals surface area contributed by atoms with Gasteiger partial charge in [0.2, 0.25) is 0 Å². The molecule has 0 saturated carbocycles. The number of carbonyl (C=O) groups is 2. The molecular weight excluding hydrogens is 371 g/mol. The standard InChI is InChI=1S/C20H36N2O5.Na/c1-2-3-4-5-6-7-8-9-10-11-18-21-12-13-22(18,16-19(23)24)14-15-27-17-20(25)26;/h2-17H2,1H3,(H-,23,24,25,26);/q;+1/p-1. The van der Waals surface area contributed by atoms with Gasteiger partial charge in [-0.2, -0.15) is 0 Å². The molecule has 1 unspecified atom stereocenters. The average Bonchev–Trinajstić information content (AvgIpc) is 2.99. The van der Waals surface area contributed by atoms with Crippen molar-refractivity contribution in [2.75, 3.05) is 39.4 Å². The van der Waals surface area contributed by atoms with Crippen LogP contribution in [0.15, 0.2) is 4.99 Å². The number of hydrogen-bond acceptors (Lipinski definition) is 6. The molecule has 0 bridgehead atoms. The Labute approximate surface area is 191 Å². The van der Waals surface area contributed by atoms with Crippen molar-refractivity contribution < 1.29 is 58.6 Å². The van der Waals surface area contributed by atoms with Crippen LogP contribution in [0.3, 0.4) is 0 Å². The number of nitrogens with zero attached hydrogens (tertiary/aromatic N) is 2. The fourth-order valence-corrected chi connectivity index (χ4v) is 3.69. The van der Waals surface area contributed by atoms with Crippen molar-refractivity contribution in [3.63, 3.8) is 0 Å². The van der Waals surface area contributed by atoms with Crippen molar-refractivity contribution in [2.45, 2.75) is 71.1 Å². The first kappa shape index (κ1) is 27.5. The maximum Gasteiger partial charge on any atom is 1.00 e. The molecule has 1 aliphatic heterocycles. The third kappa shape index (κ3) is 11.5. The van der Waals surface area contributed by atoms with E-state index in [0.717, 1.165) is 25.1 Å². The molecule has 7 nitrogen and oxygen atoms in total. The van der Waals surface area contributed by atoms with Crippen LogP contribution in [-0.4, -0.2) is 61.7 Å². The molecule has 0 saturated heterocycles. The fourth-order valence-electron chi connectivity index (χ4n) is 3.69. The molecule has 0 radical (unpaired) electrons. The van der Waals surface area contributed by atoms with Crippen LogP contribution in [0, 0.1) is 0 Å². The molecule has 0 aromatic carbocycles. The summed E-state index contributed by atoms with van der Waals surface area (Å²) >= 11 is 0. The number of unbranched alkanes of at least 4 members (excludes halogenated alkanes) is 8. The molecular formula is C20H35N2NaO5. The van der Waals surface area contributed by atoms with Crippen molar-refractivity contribution in [1.82, 2.24) is 0 Å². The Bertz CT molecular complexity index is 487. The number of amidine groups is 1. The van der Waals surface area contributed by atoms with Crippen molar-refractivity contribution in [3.05, 3.63) is 0 Å². The first-order chi connectivity index (χ1) is 13.0. The van der Waals surface area contributed by atoms with Gasteiger partial charge in [-0.1, -0.05) is 58.3 Å². The van der Waals surface area contributed by atoms with E-state index in [1.807, 2.05) is 0 Å². The second-order valence-corrected chi connectivity index (χ2v) is 7.42. The zero-order valence-corrected chi connectivity index (χ0v) is 19.7. The number of aliphatic carboxylic acids is 2. The molecule has 0 spiro atoms. The minimum Gasteiger partial charge on any atom is -0.548 e. The molecule has 0 aromatic rings. The van der Waals surface area contributed by atoms with Crippen LogP contribution < -0.4 is 39.8 Å². The number of carboxylic acids is 2. The van der Waals surface area contributed by atoms with Crippen molar-refractivity contribution in [1.29, 1.82) is 0 Å². The van der Waals surface area contributed by atoms with Gasteiger partial charge in [0.05, 0.1) is 31.7 Å². The summed E-state index contributed by atoms with van der Waals surface area (Å²) in [5, 5.41) is 21.7. The topological polar surface area (TPSA) is 102 Å². The van der Waals surface area contributed by atoms with Crippen molar-refractivity contribution in [3.8, 4) is 0 Å². The number of quaternary nitrogens is 1. The van der Waals surface area contributed by atoms with Gasteiger partial charge in [0.15, 0.2) is 5.84 Å². The molecule has 8 heteroatoms. The number of carboxylic acid groups (broad SMARTS) is 2. The van der Waals surface area contributed by atoms with Gasteiger partial charge in [0.1, 0.15) is 19.6 Å². The molecule has 1 aliphatic rings. The van der Waals surface area contributed by atoms with Gasteiger partial charge in [-0.25, -0.2) is 4.99 Å². The van der Waals surface area contributed by atoms with Crippen LogP contribution >= 0.6 is 0 Å². The van der Waals surface area contributed by atoms with Gasteiger partial charge in [-0.15, -0.1) is 0 Å². The largest absolute Gasteiger partial charge is 1.00 e. The van der Waals surface area contributed by atoms with Gasteiger partial charge in [0.25, 0.3) is 0 Å². The van der Waals surface area contributed by atoms with E-state index in [9.17, 15) is 19.8 Å². The van der Waals surface area contributed by atoms with Gasteiger partial charge in [0, 0.05) is 6.42 Å². The summed E-state index contributed by atoms with van der Waals surface area (Å²) in [4.78, 5) is 26.2. The number of rotatable bonds is 17. The second kappa shape index (κ2) is 16.3. The second-order valence-electron chi connectivity index (χ2n) is 7.42. The Morgan fingerprint density at radius 1 is 1.00 bits per heavy atom. The van der Waals surface area contributed by atoms with Gasteiger partial charge in [-0.3, -0.25) is 4.48 Å². The minimum absolute atomic E-state index is 0. The molecule has 0 aliphatic carbocycles. The molecule has 156 valence electrons. The van der Waals surface area contributed by atoms with E-state index < -0.39 is 18.5 Å². The van der Waals surface area contributed by atoms with Gasteiger partial charge < -0.3 is 24.5 Å². The summed E-state index contributed by atoms with van der Waals surface area (Å²) in [5.74, 6) is -1.50. The minimum atomic E-state index is -1.27. The first-order valence-electron chi connectivity index (χ1n) is 10.4. The van der Waals surface area contributed by atoms with E-state index in [2.05, 4.69) is 11.9 Å². The predicted octanol–water partition coefficient (Wildman–Crippen LogP) is -2.34. The van der Waals surface area contributed by atoms with Gasteiger partial charge in [-0.05, 0) is 6.42 Å². The first-order valence-corrected chi connectivity index (χ1v) is 10.4. The predicted molar refractivity (Wildman–Crippen MR) is 99.8 cm³/mol. The Morgan fingerprint density at radius 3 is 2.18 bits per heavy atom. The Morgan fingerprint density at radius 2 is 1.61 bits per heavy atom. The Balaban J connectivity index is 0.00000729. The summed E-state index contributed by atoms with van der Waals surface area (Å²) in [6, 6.07) is 0. The zero-order valence-electron chi connectivity index (χ0n) is 17.7. The van der Waals surface area contributed by atoms with E-state index in [0.29, 0.717) is 19.6 Å². The van der Waals surface area contributed by atoms with Crippen LogP contribution in [0.5, 0.6) is 0 Å². The smallest absolute Gasteiger partial charge is 0.548 e. The molecule has 1 atom stereocenters. The molecule has 0 amide bonds.